The van der Waals surface area contributed by atoms with Crippen molar-refractivity contribution in [3.05, 3.63) is 88.7 Å². The Bertz CT molecular complexity index is 1930. The Balaban J connectivity index is 1.55. The number of benzene rings is 2. The summed E-state index contributed by atoms with van der Waals surface area (Å²) in [6.45, 7) is 3.50. The Morgan fingerprint density at radius 2 is 1.32 bits per heavy atom. The van der Waals surface area contributed by atoms with Gasteiger partial charge in [-0.25, -0.2) is 23.9 Å². The maximum Gasteiger partial charge on any atom is 0.417 e. The van der Waals surface area contributed by atoms with Gasteiger partial charge in [-0.15, -0.1) is 10.2 Å². The van der Waals surface area contributed by atoms with Gasteiger partial charge in [0, 0.05) is 23.1 Å². The maximum absolute atomic E-state index is 13.6. The lowest BCUT2D eigenvalue weighted by atomic mass is 10.0. The summed E-state index contributed by atoms with van der Waals surface area (Å²) in [5.74, 6) is -2.68. The number of hydrogen-bond donors (Lipinski definition) is 2. The molecule has 0 fully saturated rings. The number of carboxylic acids is 2. The quantitative estimate of drug-likeness (QED) is 0.211. The summed E-state index contributed by atoms with van der Waals surface area (Å²) >= 11 is 0. The van der Waals surface area contributed by atoms with Gasteiger partial charge in [-0.3, -0.25) is 4.79 Å². The van der Waals surface area contributed by atoms with Crippen LogP contribution >= 0.6 is 0 Å². The monoisotopic (exact) mass is 605 g/mol. The molecule has 3 aromatic heterocycles. The fourth-order valence-electron chi connectivity index (χ4n) is 4.47. The minimum atomic E-state index is -4.92. The van der Waals surface area contributed by atoms with E-state index in [2.05, 4.69) is 25.6 Å². The van der Waals surface area contributed by atoms with Crippen LogP contribution in [0.15, 0.2) is 60.9 Å². The molecule has 0 atom stereocenters. The molecule has 0 bridgehead atoms. The smallest absolute Gasteiger partial charge is 0.417 e. The molecule has 0 unspecified atom stereocenters. The zero-order valence-corrected chi connectivity index (χ0v) is 23.1. The Hall–Kier alpha value is -5.73. The zero-order chi connectivity index (χ0) is 31.8. The number of pyridine rings is 1. The highest BCUT2D eigenvalue weighted by Gasteiger charge is 2.36. The summed E-state index contributed by atoms with van der Waals surface area (Å²) in [6, 6.07) is 10.4. The van der Waals surface area contributed by atoms with Gasteiger partial charge in [0.2, 0.25) is 0 Å². The third-order valence-corrected chi connectivity index (χ3v) is 6.66. The Kier molecular flexibility index (Phi) is 7.78. The van der Waals surface area contributed by atoms with Crippen LogP contribution in [0, 0.1) is 6.92 Å². The van der Waals surface area contributed by atoms with E-state index in [0.717, 1.165) is 6.07 Å². The molecule has 0 aliphatic carbocycles. The summed E-state index contributed by atoms with van der Waals surface area (Å²) in [4.78, 5) is 40.1. The van der Waals surface area contributed by atoms with Crippen LogP contribution in [0.25, 0.3) is 34.2 Å². The second-order valence-corrected chi connectivity index (χ2v) is 9.74. The second-order valence-electron chi connectivity index (χ2n) is 9.74. The van der Waals surface area contributed by atoms with Crippen LogP contribution in [0.3, 0.4) is 0 Å². The van der Waals surface area contributed by atoms with E-state index in [9.17, 15) is 37.8 Å². The molecule has 224 valence electrons. The maximum atomic E-state index is 13.6. The van der Waals surface area contributed by atoms with Gasteiger partial charge >= 0.3 is 18.1 Å². The van der Waals surface area contributed by atoms with Crippen molar-refractivity contribution in [2.75, 3.05) is 0 Å². The van der Waals surface area contributed by atoms with Gasteiger partial charge in [0.15, 0.2) is 17.4 Å². The number of aromatic nitrogens is 7. The molecule has 0 spiro atoms. The zero-order valence-electron chi connectivity index (χ0n) is 23.1. The predicted octanol–water partition coefficient (Wildman–Crippen LogP) is 5.28. The Labute approximate surface area is 246 Å². The number of carbonyl (C=O) groups is 3. The summed E-state index contributed by atoms with van der Waals surface area (Å²) in [6.07, 6.45) is -1.26. The van der Waals surface area contributed by atoms with Crippen LogP contribution in [0.4, 0.5) is 13.2 Å². The lowest BCUT2D eigenvalue weighted by Gasteiger charge is -2.11. The Morgan fingerprint density at radius 1 is 0.795 bits per heavy atom. The molecule has 44 heavy (non-hydrogen) atoms. The first kappa shape index (κ1) is 29.8. The molecule has 15 heteroatoms. The van der Waals surface area contributed by atoms with Crippen molar-refractivity contribution in [1.29, 1.82) is 0 Å². The van der Waals surface area contributed by atoms with Crippen LogP contribution < -0.4 is 0 Å². The van der Waals surface area contributed by atoms with Crippen molar-refractivity contribution in [3.8, 4) is 34.2 Å². The van der Waals surface area contributed by atoms with Gasteiger partial charge in [0.1, 0.15) is 11.4 Å². The van der Waals surface area contributed by atoms with E-state index in [1.807, 2.05) is 6.92 Å². The lowest BCUT2D eigenvalue weighted by Crippen LogP contribution is -2.13. The summed E-state index contributed by atoms with van der Waals surface area (Å²) in [7, 11) is 0. The SMILES string of the molecule is CCCC(=O)c1cc(-n2cc(-c3ccc(C(=O)O)c(C)c3)nn2)nc(-n2cc(-c3ccc(C(=O)O)c(C(F)(F)F)c3)nn2)c1. The van der Waals surface area contributed by atoms with E-state index < -0.39 is 29.2 Å². The van der Waals surface area contributed by atoms with E-state index >= 15 is 0 Å². The first-order valence-corrected chi connectivity index (χ1v) is 13.1. The average molecular weight is 606 g/mol. The number of rotatable bonds is 9. The molecule has 3 heterocycles. The van der Waals surface area contributed by atoms with Crippen molar-refractivity contribution < 1.29 is 37.8 Å². The predicted molar refractivity (Wildman–Crippen MR) is 148 cm³/mol. The highest BCUT2D eigenvalue weighted by molar-refractivity contribution is 5.97. The summed E-state index contributed by atoms with van der Waals surface area (Å²) < 4.78 is 43.2. The van der Waals surface area contributed by atoms with E-state index in [1.165, 1.54) is 39.8 Å². The van der Waals surface area contributed by atoms with E-state index in [0.29, 0.717) is 29.3 Å². The fourth-order valence-corrected chi connectivity index (χ4v) is 4.47. The normalized spacial score (nSPS) is 11.5. The number of halogens is 3. The number of hydrogen-bond acceptors (Lipinski definition) is 8. The molecule has 0 radical (unpaired) electrons. The molecule has 0 saturated heterocycles. The minimum absolute atomic E-state index is 0.00398. The number of ketones is 1. The highest BCUT2D eigenvalue weighted by atomic mass is 19.4. The number of carboxylic acid groups (broad SMARTS) is 2. The molecule has 2 N–H and O–H groups in total. The van der Waals surface area contributed by atoms with Crippen molar-refractivity contribution in [1.82, 2.24) is 35.0 Å². The molecule has 0 saturated carbocycles. The first-order valence-electron chi connectivity index (χ1n) is 13.1. The fraction of sp³-hybridized carbons (Fsp3) is 0.172. The Morgan fingerprint density at radius 3 is 1.80 bits per heavy atom. The topological polar surface area (TPSA) is 166 Å². The molecule has 0 aliphatic heterocycles. The van der Waals surface area contributed by atoms with Crippen LogP contribution in [-0.4, -0.2) is 62.9 Å². The van der Waals surface area contributed by atoms with Crippen molar-refractivity contribution >= 4 is 17.7 Å². The molecular formula is C29H22F3N7O5. The number of carbonyl (C=O) groups excluding carboxylic acids is 1. The summed E-state index contributed by atoms with van der Waals surface area (Å²) in [5.41, 5.74) is -0.304. The molecule has 0 aliphatic rings. The van der Waals surface area contributed by atoms with Crippen molar-refractivity contribution in [3.63, 3.8) is 0 Å². The number of nitrogens with zero attached hydrogens (tertiary/aromatic N) is 7. The van der Waals surface area contributed by atoms with Crippen molar-refractivity contribution in [2.24, 2.45) is 0 Å². The van der Waals surface area contributed by atoms with E-state index in [4.69, 9.17) is 0 Å². The van der Waals surface area contributed by atoms with E-state index in [1.54, 1.807) is 25.3 Å². The minimum Gasteiger partial charge on any atom is -0.478 e. The van der Waals surface area contributed by atoms with Crippen LogP contribution in [0.2, 0.25) is 0 Å². The van der Waals surface area contributed by atoms with Gasteiger partial charge in [-0.2, -0.15) is 13.2 Å². The molecule has 5 aromatic rings. The third-order valence-electron chi connectivity index (χ3n) is 6.66. The summed E-state index contributed by atoms with van der Waals surface area (Å²) in [5, 5.41) is 34.7. The number of aryl methyl sites for hydroxylation is 1. The van der Waals surface area contributed by atoms with Gasteiger partial charge in [0.05, 0.1) is 29.1 Å². The second kappa shape index (κ2) is 11.5. The number of alkyl halides is 3. The van der Waals surface area contributed by atoms with Crippen LogP contribution in [-0.2, 0) is 6.18 Å². The van der Waals surface area contributed by atoms with Crippen LogP contribution in [0.1, 0.15) is 62.0 Å². The van der Waals surface area contributed by atoms with Gasteiger partial charge < -0.3 is 10.2 Å². The third kappa shape index (κ3) is 5.92. The van der Waals surface area contributed by atoms with Gasteiger partial charge in [-0.1, -0.05) is 29.5 Å². The standard InChI is InChI=1S/C29H22F3N7O5/c1-3-4-24(40)18-11-25(38-13-22(34-36-38)16-5-7-19(27(41)42)15(2)9-16)33-26(12-18)39-14-23(35-37-39)17-6-8-20(28(43)44)21(10-17)29(30,31)32/h5-14H,3-4H2,1-2H3,(H,41,42)(H,43,44). The molecule has 5 rings (SSSR count). The van der Waals surface area contributed by atoms with Crippen LogP contribution in [0.5, 0.6) is 0 Å². The van der Waals surface area contributed by atoms with Gasteiger partial charge in [0.25, 0.3) is 0 Å². The number of Topliss-reactive ketones (excluding diaryl/α,β-unsaturated/α-hetero) is 1. The molecule has 12 nitrogen and oxygen atoms in total. The van der Waals surface area contributed by atoms with Gasteiger partial charge in [-0.05, 0) is 55.3 Å². The number of aromatic carboxylic acids is 2. The highest BCUT2D eigenvalue weighted by Crippen LogP contribution is 2.35. The first-order chi connectivity index (χ1) is 20.8. The molecule has 2 aromatic carbocycles. The lowest BCUT2D eigenvalue weighted by molar-refractivity contribution is -0.138. The van der Waals surface area contributed by atoms with E-state index in [-0.39, 0.29) is 46.2 Å². The largest absolute Gasteiger partial charge is 0.478 e. The average Bonchev–Trinajstić information content (AvgIpc) is 3.67. The molecular weight excluding hydrogens is 583 g/mol. The van der Waals surface area contributed by atoms with Crippen molar-refractivity contribution in [2.45, 2.75) is 32.9 Å². The molecule has 0 amide bonds.